The molecule has 3 aliphatic heterocycles. The van der Waals surface area contributed by atoms with Gasteiger partial charge in [-0.3, -0.25) is 19.9 Å². The summed E-state index contributed by atoms with van der Waals surface area (Å²) in [5.74, 6) is 0.379. The Labute approximate surface area is 171 Å². The third-order valence-electron chi connectivity index (χ3n) is 5.91. The molecule has 5 rings (SSSR count). The minimum atomic E-state index is -0.666. The number of rotatable bonds is 3. The fourth-order valence-corrected chi connectivity index (χ4v) is 6.40. The second kappa shape index (κ2) is 5.99. The zero-order valence-corrected chi connectivity index (χ0v) is 17.3. The smallest absolute Gasteiger partial charge is 0.250 e. The van der Waals surface area contributed by atoms with E-state index < -0.39 is 17.7 Å². The van der Waals surface area contributed by atoms with Crippen LogP contribution in [0.4, 0.5) is 0 Å². The van der Waals surface area contributed by atoms with Crippen molar-refractivity contribution >= 4 is 23.6 Å². The fraction of sp³-hybridized carbons (Fsp3) is 0.556. The lowest BCUT2D eigenvalue weighted by atomic mass is 9.93. The van der Waals surface area contributed by atoms with E-state index in [0.29, 0.717) is 5.82 Å². The summed E-state index contributed by atoms with van der Waals surface area (Å²) in [4.78, 5) is 34.3. The first-order chi connectivity index (χ1) is 13.7. The van der Waals surface area contributed by atoms with Gasteiger partial charge in [-0.2, -0.15) is 0 Å². The molecule has 0 aromatic carbocycles. The molecule has 0 spiro atoms. The molecule has 3 fully saturated rings. The molecule has 0 saturated carbocycles. The van der Waals surface area contributed by atoms with Crippen molar-refractivity contribution in [2.24, 2.45) is 0 Å². The molecule has 4 atom stereocenters. The number of fused-ring (bicyclic) bond motifs is 1. The Morgan fingerprint density at radius 3 is 2.62 bits per heavy atom. The number of β-lactam (4-membered cyclic amide) rings is 1. The Kier molecular flexibility index (Phi) is 3.82. The quantitative estimate of drug-likeness (QED) is 0.701. The molecule has 2 aromatic rings. The molecule has 3 aliphatic rings. The van der Waals surface area contributed by atoms with E-state index in [2.05, 4.69) is 44.8 Å². The fourth-order valence-electron chi connectivity index (χ4n) is 4.71. The van der Waals surface area contributed by atoms with Crippen molar-refractivity contribution in [2.45, 2.75) is 61.6 Å². The Morgan fingerprint density at radius 1 is 1.17 bits per heavy atom. The molecule has 2 amide bonds. The van der Waals surface area contributed by atoms with Crippen molar-refractivity contribution in [1.82, 2.24) is 40.7 Å². The van der Waals surface area contributed by atoms with Gasteiger partial charge in [-0.15, -0.1) is 16.9 Å². The number of nitrogens with one attached hydrogen (secondary N) is 2. The Hall–Kier alpha value is -2.53. The molecule has 4 unspecified atom stereocenters. The van der Waals surface area contributed by atoms with Gasteiger partial charge in [0.25, 0.3) is 0 Å². The second-order valence-electron chi connectivity index (χ2n) is 8.62. The van der Waals surface area contributed by atoms with Gasteiger partial charge in [0.05, 0.1) is 5.66 Å². The Balaban J connectivity index is 1.47. The van der Waals surface area contributed by atoms with Gasteiger partial charge >= 0.3 is 0 Å². The van der Waals surface area contributed by atoms with Crippen LogP contribution in [0.25, 0.3) is 0 Å². The molecule has 0 radical (unpaired) electrons. The summed E-state index contributed by atoms with van der Waals surface area (Å²) >= 11 is 1.68. The monoisotopic (exact) mass is 414 g/mol. The highest BCUT2D eigenvalue weighted by atomic mass is 32.2. The Bertz CT molecular complexity index is 964. The average Bonchev–Trinajstić information content (AvgIpc) is 3.33. The van der Waals surface area contributed by atoms with Crippen LogP contribution in [0.2, 0.25) is 0 Å². The normalized spacial score (nSPS) is 32.4. The van der Waals surface area contributed by atoms with E-state index in [-0.39, 0.29) is 28.0 Å². The lowest BCUT2D eigenvalue weighted by Gasteiger charge is -2.50. The number of pyridine rings is 1. The highest BCUT2D eigenvalue weighted by Crippen LogP contribution is 2.58. The van der Waals surface area contributed by atoms with Gasteiger partial charge in [0.15, 0.2) is 5.82 Å². The van der Waals surface area contributed by atoms with E-state index in [0.717, 1.165) is 5.56 Å². The lowest BCUT2D eigenvalue weighted by Crippen LogP contribution is -2.71. The predicted molar refractivity (Wildman–Crippen MR) is 104 cm³/mol. The molecular weight excluding hydrogens is 392 g/mol. The van der Waals surface area contributed by atoms with Gasteiger partial charge in [0.1, 0.15) is 23.5 Å². The number of hydrogen-bond acceptors (Lipinski definition) is 8. The first-order valence-electron chi connectivity index (χ1n) is 9.47. The third-order valence-corrected chi connectivity index (χ3v) is 7.47. The number of H-pyrrole nitrogens is 1. The SMILES string of the molecule is CC1(C)SC2C(N3C(=O)C(c4cccnc4)NC3(C)C)C(=O)N2C1c1nnn[nH]1. The number of aromatic amines is 1. The van der Waals surface area contributed by atoms with Crippen LogP contribution >= 0.6 is 11.8 Å². The maximum absolute atomic E-state index is 13.4. The molecule has 5 heterocycles. The predicted octanol–water partition coefficient (Wildman–Crippen LogP) is 0.607. The topological polar surface area (TPSA) is 120 Å². The van der Waals surface area contributed by atoms with Crippen molar-refractivity contribution in [3.05, 3.63) is 35.9 Å². The number of carbonyl (C=O) groups excluding carboxylic acids is 2. The summed E-state index contributed by atoms with van der Waals surface area (Å²) in [5.41, 5.74) is 0.127. The van der Waals surface area contributed by atoms with Gasteiger partial charge < -0.3 is 9.80 Å². The largest absolute Gasteiger partial charge is 0.314 e. The molecule has 0 bridgehead atoms. The first kappa shape index (κ1) is 18.5. The maximum atomic E-state index is 13.4. The summed E-state index contributed by atoms with van der Waals surface area (Å²) in [6.07, 6.45) is 3.36. The third kappa shape index (κ3) is 2.53. The van der Waals surface area contributed by atoms with Crippen LogP contribution in [0.1, 0.15) is 51.2 Å². The standard InChI is InChI=1S/C18H22N8O2S/c1-17(2)12(13-21-23-24-22-13)25-15(28)11(16(25)29-17)26-14(27)10(20-18(26,3)4)9-6-5-7-19-8-9/h5-8,10-12,16,20H,1-4H3,(H,21,22,23,24). The lowest BCUT2D eigenvalue weighted by molar-refractivity contribution is -0.165. The minimum absolute atomic E-state index is 0.0791. The van der Waals surface area contributed by atoms with E-state index in [1.165, 1.54) is 0 Å². The molecule has 10 nitrogen and oxygen atoms in total. The van der Waals surface area contributed by atoms with Crippen LogP contribution in [0, 0.1) is 0 Å². The van der Waals surface area contributed by atoms with Crippen LogP contribution < -0.4 is 5.32 Å². The summed E-state index contributed by atoms with van der Waals surface area (Å²) < 4.78 is -0.292. The number of aromatic nitrogens is 5. The van der Waals surface area contributed by atoms with Crippen molar-refractivity contribution < 1.29 is 9.59 Å². The van der Waals surface area contributed by atoms with E-state index in [4.69, 9.17) is 0 Å². The number of amides is 2. The van der Waals surface area contributed by atoms with E-state index >= 15 is 0 Å². The molecule has 2 aromatic heterocycles. The first-order valence-corrected chi connectivity index (χ1v) is 10.3. The molecular formula is C18H22N8O2S. The van der Waals surface area contributed by atoms with E-state index in [1.54, 1.807) is 34.0 Å². The molecule has 3 saturated heterocycles. The highest BCUT2D eigenvalue weighted by Gasteiger charge is 2.67. The summed E-state index contributed by atoms with van der Waals surface area (Å²) in [5, 5.41) is 17.4. The van der Waals surface area contributed by atoms with Crippen LogP contribution in [-0.4, -0.2) is 69.0 Å². The van der Waals surface area contributed by atoms with Gasteiger partial charge in [-0.1, -0.05) is 6.07 Å². The van der Waals surface area contributed by atoms with Crippen molar-refractivity contribution in [3.8, 4) is 0 Å². The molecule has 152 valence electrons. The van der Waals surface area contributed by atoms with Gasteiger partial charge in [-0.25, -0.2) is 5.10 Å². The van der Waals surface area contributed by atoms with E-state index in [1.807, 2.05) is 26.0 Å². The van der Waals surface area contributed by atoms with Crippen LogP contribution in [0.3, 0.4) is 0 Å². The van der Waals surface area contributed by atoms with Crippen molar-refractivity contribution in [2.75, 3.05) is 0 Å². The molecule has 11 heteroatoms. The van der Waals surface area contributed by atoms with Gasteiger partial charge in [-0.05, 0) is 49.8 Å². The number of carbonyl (C=O) groups is 2. The van der Waals surface area contributed by atoms with Crippen LogP contribution in [-0.2, 0) is 9.59 Å². The Morgan fingerprint density at radius 2 is 1.97 bits per heavy atom. The average molecular weight is 414 g/mol. The number of tetrazole rings is 1. The van der Waals surface area contributed by atoms with Crippen LogP contribution in [0.5, 0.6) is 0 Å². The summed E-state index contributed by atoms with van der Waals surface area (Å²) in [7, 11) is 0. The summed E-state index contributed by atoms with van der Waals surface area (Å²) in [6, 6.07) is 2.36. The van der Waals surface area contributed by atoms with Crippen LogP contribution in [0.15, 0.2) is 24.5 Å². The summed E-state index contributed by atoms with van der Waals surface area (Å²) in [6.45, 7) is 8.00. The van der Waals surface area contributed by atoms with E-state index in [9.17, 15) is 9.59 Å². The minimum Gasteiger partial charge on any atom is -0.314 e. The molecule has 2 N–H and O–H groups in total. The molecule has 29 heavy (non-hydrogen) atoms. The highest BCUT2D eigenvalue weighted by molar-refractivity contribution is 8.01. The maximum Gasteiger partial charge on any atom is 0.250 e. The van der Waals surface area contributed by atoms with Crippen molar-refractivity contribution in [3.63, 3.8) is 0 Å². The zero-order valence-electron chi connectivity index (χ0n) is 16.5. The number of hydrogen-bond donors (Lipinski definition) is 2. The van der Waals surface area contributed by atoms with Gasteiger partial charge in [0, 0.05) is 17.1 Å². The second-order valence-corrected chi connectivity index (χ2v) is 10.4. The number of nitrogens with zero attached hydrogens (tertiary/aromatic N) is 6. The number of thioether (sulfide) groups is 1. The zero-order chi connectivity index (χ0) is 20.6. The molecule has 0 aliphatic carbocycles. The van der Waals surface area contributed by atoms with Crippen molar-refractivity contribution in [1.29, 1.82) is 0 Å². The van der Waals surface area contributed by atoms with Gasteiger partial charge in [0.2, 0.25) is 11.8 Å².